The predicted molar refractivity (Wildman–Crippen MR) is 105 cm³/mol. The third-order valence-corrected chi connectivity index (χ3v) is 4.93. The summed E-state index contributed by atoms with van der Waals surface area (Å²) in [6.45, 7) is 4.35. The Morgan fingerprint density at radius 3 is 2.09 bits per heavy atom. The van der Waals surface area contributed by atoms with Crippen molar-refractivity contribution in [2.24, 2.45) is 0 Å². The van der Waals surface area contributed by atoms with Crippen LogP contribution in [0.25, 0.3) is 11.1 Å². The highest BCUT2D eigenvalue weighted by Crippen LogP contribution is 2.39. The molecule has 0 fully saturated rings. The maximum absolute atomic E-state index is 10.5. The molecule has 0 aliphatic heterocycles. The molecule has 0 unspecified atom stereocenters. The van der Waals surface area contributed by atoms with Gasteiger partial charge in [0.2, 0.25) is 0 Å². The third-order valence-electron chi connectivity index (χ3n) is 4.11. The van der Waals surface area contributed by atoms with Crippen LogP contribution in [0.3, 0.4) is 0 Å². The molecule has 0 aliphatic carbocycles. The molecule has 0 saturated carbocycles. The molecule has 2 N–H and O–H groups in total. The van der Waals surface area contributed by atoms with E-state index in [1.54, 1.807) is 6.07 Å². The second-order valence-electron chi connectivity index (χ2n) is 6.03. The van der Waals surface area contributed by atoms with Crippen LogP contribution >= 0.6 is 22.6 Å². The lowest BCUT2D eigenvalue weighted by molar-refractivity contribution is 0.466. The molecule has 0 spiro atoms. The van der Waals surface area contributed by atoms with Crippen molar-refractivity contribution in [3.05, 3.63) is 45.0 Å². The van der Waals surface area contributed by atoms with Crippen molar-refractivity contribution in [3.8, 4) is 22.6 Å². The SMILES string of the molecule is CCCCc1ccc(O)c(-c2cc(CCCC)cc(I)c2O)c1. The van der Waals surface area contributed by atoms with Gasteiger partial charge in [0.15, 0.2) is 0 Å². The van der Waals surface area contributed by atoms with Gasteiger partial charge in [-0.05, 0) is 83.7 Å². The van der Waals surface area contributed by atoms with E-state index < -0.39 is 0 Å². The smallest absolute Gasteiger partial charge is 0.136 e. The number of halogens is 1. The maximum Gasteiger partial charge on any atom is 0.136 e. The minimum atomic E-state index is 0.226. The first kappa shape index (κ1) is 18.1. The van der Waals surface area contributed by atoms with Gasteiger partial charge in [-0.2, -0.15) is 0 Å². The summed E-state index contributed by atoms with van der Waals surface area (Å²) in [6.07, 6.45) is 6.54. The van der Waals surface area contributed by atoms with Gasteiger partial charge in [0.1, 0.15) is 11.5 Å². The summed E-state index contributed by atoms with van der Waals surface area (Å²) in [5.41, 5.74) is 3.88. The Bertz CT molecular complexity index is 665. The molecule has 2 aromatic carbocycles. The Labute approximate surface area is 152 Å². The molecular weight excluding hydrogens is 399 g/mol. The van der Waals surface area contributed by atoms with Gasteiger partial charge in [-0.1, -0.05) is 32.8 Å². The number of phenols is 2. The van der Waals surface area contributed by atoms with Gasteiger partial charge < -0.3 is 10.2 Å². The Morgan fingerprint density at radius 1 is 0.826 bits per heavy atom. The molecule has 0 radical (unpaired) electrons. The van der Waals surface area contributed by atoms with Crippen LogP contribution in [0.2, 0.25) is 0 Å². The van der Waals surface area contributed by atoms with E-state index in [9.17, 15) is 10.2 Å². The lowest BCUT2D eigenvalue weighted by atomic mass is 9.96. The molecule has 2 rings (SSSR count). The summed E-state index contributed by atoms with van der Waals surface area (Å²) in [5, 5.41) is 20.8. The molecule has 2 nitrogen and oxygen atoms in total. The molecule has 3 heteroatoms. The maximum atomic E-state index is 10.5. The number of benzene rings is 2. The first-order valence-corrected chi connectivity index (χ1v) is 9.48. The predicted octanol–water partition coefficient (Wildman–Crippen LogP) is 6.05. The van der Waals surface area contributed by atoms with Crippen LogP contribution < -0.4 is 0 Å². The lowest BCUT2D eigenvalue weighted by Gasteiger charge is -2.13. The topological polar surface area (TPSA) is 40.5 Å². The van der Waals surface area contributed by atoms with Gasteiger partial charge in [0, 0.05) is 11.1 Å². The third kappa shape index (κ3) is 4.63. The van der Waals surface area contributed by atoms with Crippen molar-refractivity contribution in [3.63, 3.8) is 0 Å². The lowest BCUT2D eigenvalue weighted by Crippen LogP contribution is -1.92. The molecule has 0 atom stereocenters. The number of phenolic OH excluding ortho intramolecular Hbond substituents is 2. The van der Waals surface area contributed by atoms with Gasteiger partial charge in [-0.25, -0.2) is 0 Å². The van der Waals surface area contributed by atoms with E-state index in [0.29, 0.717) is 0 Å². The highest BCUT2D eigenvalue weighted by atomic mass is 127. The minimum absolute atomic E-state index is 0.226. The molecule has 23 heavy (non-hydrogen) atoms. The van der Waals surface area contributed by atoms with E-state index >= 15 is 0 Å². The fourth-order valence-corrected chi connectivity index (χ4v) is 3.41. The summed E-state index contributed by atoms with van der Waals surface area (Å²) < 4.78 is 0.838. The van der Waals surface area contributed by atoms with Crippen LogP contribution in [0.1, 0.15) is 50.7 Å². The van der Waals surface area contributed by atoms with Gasteiger partial charge in [-0.3, -0.25) is 0 Å². The zero-order valence-corrected chi connectivity index (χ0v) is 16.1. The van der Waals surface area contributed by atoms with E-state index in [1.165, 1.54) is 11.1 Å². The van der Waals surface area contributed by atoms with Crippen LogP contribution in [0.5, 0.6) is 11.5 Å². The molecule has 0 amide bonds. The molecule has 0 aromatic heterocycles. The number of rotatable bonds is 7. The summed E-state index contributed by atoms with van der Waals surface area (Å²) in [5.74, 6) is 0.484. The average Bonchev–Trinajstić information content (AvgIpc) is 2.55. The number of aromatic hydroxyl groups is 2. The van der Waals surface area contributed by atoms with Gasteiger partial charge >= 0.3 is 0 Å². The van der Waals surface area contributed by atoms with Crippen LogP contribution in [-0.4, -0.2) is 10.2 Å². The molecule has 0 bridgehead atoms. The molecule has 0 heterocycles. The van der Waals surface area contributed by atoms with E-state index in [4.69, 9.17) is 0 Å². The van der Waals surface area contributed by atoms with E-state index in [2.05, 4.69) is 36.4 Å². The van der Waals surface area contributed by atoms with Crippen molar-refractivity contribution in [2.45, 2.75) is 52.4 Å². The Morgan fingerprint density at radius 2 is 1.43 bits per heavy atom. The fraction of sp³-hybridized carbons (Fsp3) is 0.400. The zero-order valence-electron chi connectivity index (χ0n) is 13.9. The van der Waals surface area contributed by atoms with E-state index in [-0.39, 0.29) is 11.5 Å². The minimum Gasteiger partial charge on any atom is -0.507 e. The summed E-state index contributed by atoms with van der Waals surface area (Å²) in [6, 6.07) is 9.78. The first-order chi connectivity index (χ1) is 11.1. The van der Waals surface area contributed by atoms with Gasteiger partial charge in [-0.15, -0.1) is 0 Å². The Kier molecular flexibility index (Phi) is 6.75. The van der Waals surface area contributed by atoms with Crippen molar-refractivity contribution in [2.75, 3.05) is 0 Å². The van der Waals surface area contributed by atoms with Crippen molar-refractivity contribution in [1.82, 2.24) is 0 Å². The van der Waals surface area contributed by atoms with Gasteiger partial charge in [0.25, 0.3) is 0 Å². The molecule has 124 valence electrons. The Hall–Kier alpha value is -1.23. The first-order valence-electron chi connectivity index (χ1n) is 8.40. The molecule has 2 aromatic rings. The van der Waals surface area contributed by atoms with Crippen LogP contribution in [0.15, 0.2) is 30.3 Å². The van der Waals surface area contributed by atoms with Crippen LogP contribution in [0.4, 0.5) is 0 Å². The van der Waals surface area contributed by atoms with E-state index in [1.807, 2.05) is 24.3 Å². The molecule has 0 aliphatic rings. The largest absolute Gasteiger partial charge is 0.507 e. The average molecular weight is 424 g/mol. The summed E-state index contributed by atoms with van der Waals surface area (Å²) >= 11 is 2.17. The quantitative estimate of drug-likeness (QED) is 0.531. The monoisotopic (exact) mass is 424 g/mol. The second-order valence-corrected chi connectivity index (χ2v) is 7.19. The molecule has 0 saturated heterocycles. The number of hydrogen-bond acceptors (Lipinski definition) is 2. The standard InChI is InChI=1S/C20H25IO2/c1-3-5-7-14-9-10-19(22)16(11-14)17-12-15(8-6-4-2)13-18(21)20(17)23/h9-13,22-23H,3-8H2,1-2H3. The molecular formula is C20H25IO2. The number of aryl methyl sites for hydroxylation is 2. The number of unbranched alkanes of at least 4 members (excludes halogenated alkanes) is 2. The van der Waals surface area contributed by atoms with Crippen molar-refractivity contribution >= 4 is 22.6 Å². The Balaban J connectivity index is 2.45. The number of hydrogen-bond donors (Lipinski definition) is 2. The second kappa shape index (κ2) is 8.57. The summed E-state index contributed by atoms with van der Waals surface area (Å²) in [7, 11) is 0. The van der Waals surface area contributed by atoms with Crippen LogP contribution in [-0.2, 0) is 12.8 Å². The van der Waals surface area contributed by atoms with Crippen molar-refractivity contribution in [1.29, 1.82) is 0 Å². The van der Waals surface area contributed by atoms with Crippen LogP contribution in [0, 0.1) is 3.57 Å². The van der Waals surface area contributed by atoms with Crippen molar-refractivity contribution < 1.29 is 10.2 Å². The zero-order chi connectivity index (χ0) is 16.8. The van der Waals surface area contributed by atoms with E-state index in [0.717, 1.165) is 53.2 Å². The fourth-order valence-electron chi connectivity index (χ4n) is 2.72. The van der Waals surface area contributed by atoms with Gasteiger partial charge in [0.05, 0.1) is 3.57 Å². The summed E-state index contributed by atoms with van der Waals surface area (Å²) in [4.78, 5) is 0. The highest BCUT2D eigenvalue weighted by molar-refractivity contribution is 14.1. The normalized spacial score (nSPS) is 10.9. The highest BCUT2D eigenvalue weighted by Gasteiger charge is 2.14.